The summed E-state index contributed by atoms with van der Waals surface area (Å²) in [7, 11) is 0. The molecular formula is C23H21N5O2. The smallest absolute Gasteiger partial charge is 0.229 e. The number of ketones is 1. The molecule has 0 radical (unpaired) electrons. The molecule has 0 saturated heterocycles. The molecule has 0 aliphatic carbocycles. The van der Waals surface area contributed by atoms with Crippen molar-refractivity contribution in [1.29, 1.82) is 0 Å². The number of nitrogens with zero attached hydrogens (tertiary/aromatic N) is 4. The largest absolute Gasteiger partial charge is 0.298 e. The van der Waals surface area contributed by atoms with Crippen molar-refractivity contribution in [2.45, 2.75) is 26.7 Å². The van der Waals surface area contributed by atoms with E-state index in [9.17, 15) is 9.59 Å². The van der Waals surface area contributed by atoms with Gasteiger partial charge in [0.05, 0.1) is 17.1 Å². The maximum atomic E-state index is 12.3. The zero-order valence-electron chi connectivity index (χ0n) is 16.8. The third-order valence-electron chi connectivity index (χ3n) is 4.81. The minimum Gasteiger partial charge on any atom is -0.298 e. The summed E-state index contributed by atoms with van der Waals surface area (Å²) < 4.78 is 1.95. The monoisotopic (exact) mass is 399 g/mol. The first-order chi connectivity index (χ1) is 14.5. The molecule has 7 heteroatoms. The van der Waals surface area contributed by atoms with Gasteiger partial charge in [0.1, 0.15) is 5.65 Å². The van der Waals surface area contributed by atoms with Crippen LogP contribution in [0.25, 0.3) is 17.0 Å². The van der Waals surface area contributed by atoms with Crippen molar-refractivity contribution >= 4 is 23.3 Å². The number of benzene rings is 1. The lowest BCUT2D eigenvalue weighted by Crippen LogP contribution is -2.15. The van der Waals surface area contributed by atoms with E-state index in [2.05, 4.69) is 20.3 Å². The Morgan fingerprint density at radius 3 is 2.57 bits per heavy atom. The molecule has 0 atom stereocenters. The van der Waals surface area contributed by atoms with Gasteiger partial charge in [-0.05, 0) is 32.0 Å². The molecule has 1 amide bonds. The number of imidazole rings is 1. The first kappa shape index (κ1) is 19.4. The molecule has 0 saturated carbocycles. The molecular weight excluding hydrogens is 378 g/mol. The minimum absolute atomic E-state index is 0.0644. The predicted molar refractivity (Wildman–Crippen MR) is 114 cm³/mol. The zero-order valence-corrected chi connectivity index (χ0v) is 16.8. The molecule has 0 unspecified atom stereocenters. The molecule has 150 valence electrons. The molecule has 30 heavy (non-hydrogen) atoms. The summed E-state index contributed by atoms with van der Waals surface area (Å²) in [6.45, 7) is 3.88. The number of hydrogen-bond donors (Lipinski definition) is 1. The normalized spacial score (nSPS) is 10.9. The standard InChI is InChI=1S/C23H21N5O2/c1-15-6-8-17(9-7-15)19(29)10-11-21(30)27-23-24-13-12-18(26-23)22-16(2)25-20-5-3-4-14-28(20)22/h3-9,12-14H,10-11H2,1-2H3,(H,24,26,27,30). The van der Waals surface area contributed by atoms with Gasteiger partial charge in [-0.25, -0.2) is 15.0 Å². The summed E-state index contributed by atoms with van der Waals surface area (Å²) in [6.07, 6.45) is 3.70. The molecule has 1 aromatic carbocycles. The fraction of sp³-hybridized carbons (Fsp3) is 0.174. The fourth-order valence-electron chi connectivity index (χ4n) is 3.27. The van der Waals surface area contributed by atoms with E-state index in [-0.39, 0.29) is 30.5 Å². The van der Waals surface area contributed by atoms with Crippen LogP contribution in [0.2, 0.25) is 0 Å². The Labute approximate surface area is 173 Å². The van der Waals surface area contributed by atoms with Crippen LogP contribution >= 0.6 is 0 Å². The fourth-order valence-corrected chi connectivity index (χ4v) is 3.27. The second kappa shape index (κ2) is 8.24. The maximum absolute atomic E-state index is 12.3. The van der Waals surface area contributed by atoms with E-state index in [1.807, 2.05) is 54.8 Å². The lowest BCUT2D eigenvalue weighted by atomic mass is 10.1. The average molecular weight is 399 g/mol. The zero-order chi connectivity index (χ0) is 21.1. The highest BCUT2D eigenvalue weighted by atomic mass is 16.2. The summed E-state index contributed by atoms with van der Waals surface area (Å²) in [6, 6.07) is 14.9. The number of carbonyl (C=O) groups excluding carboxylic acids is 2. The van der Waals surface area contributed by atoms with Crippen LogP contribution in [0, 0.1) is 13.8 Å². The van der Waals surface area contributed by atoms with Gasteiger partial charge in [-0.1, -0.05) is 35.9 Å². The number of carbonyl (C=O) groups is 2. The van der Waals surface area contributed by atoms with Gasteiger partial charge in [0, 0.05) is 30.8 Å². The minimum atomic E-state index is -0.303. The lowest BCUT2D eigenvalue weighted by molar-refractivity contribution is -0.116. The summed E-state index contributed by atoms with van der Waals surface area (Å²) >= 11 is 0. The molecule has 0 spiro atoms. The van der Waals surface area contributed by atoms with E-state index in [0.717, 1.165) is 22.6 Å². The lowest BCUT2D eigenvalue weighted by Gasteiger charge is -2.07. The van der Waals surface area contributed by atoms with Gasteiger partial charge in [-0.3, -0.25) is 19.3 Å². The molecule has 3 aromatic heterocycles. The summed E-state index contributed by atoms with van der Waals surface area (Å²) in [5.74, 6) is -0.172. The summed E-state index contributed by atoms with van der Waals surface area (Å²) in [4.78, 5) is 37.7. The number of aromatic nitrogens is 4. The molecule has 7 nitrogen and oxygen atoms in total. The molecule has 0 bridgehead atoms. The Kier molecular flexibility index (Phi) is 5.34. The Balaban J connectivity index is 1.45. The number of pyridine rings is 1. The Morgan fingerprint density at radius 1 is 0.967 bits per heavy atom. The summed E-state index contributed by atoms with van der Waals surface area (Å²) in [5, 5.41) is 2.68. The second-order valence-corrected chi connectivity index (χ2v) is 7.08. The molecule has 4 aromatic rings. The van der Waals surface area contributed by atoms with E-state index < -0.39 is 0 Å². The van der Waals surface area contributed by atoms with E-state index in [4.69, 9.17) is 0 Å². The van der Waals surface area contributed by atoms with Crippen LogP contribution < -0.4 is 5.32 Å². The number of hydrogen-bond acceptors (Lipinski definition) is 5. The molecule has 0 aliphatic rings. The van der Waals surface area contributed by atoms with Crippen LogP contribution in [0.5, 0.6) is 0 Å². The Morgan fingerprint density at radius 2 is 1.77 bits per heavy atom. The van der Waals surface area contributed by atoms with E-state index >= 15 is 0 Å². The van der Waals surface area contributed by atoms with E-state index in [1.54, 1.807) is 24.4 Å². The predicted octanol–water partition coefficient (Wildman–Crippen LogP) is 4.01. The van der Waals surface area contributed by atoms with Crippen molar-refractivity contribution in [1.82, 2.24) is 19.4 Å². The third-order valence-corrected chi connectivity index (χ3v) is 4.81. The number of rotatable bonds is 6. The van der Waals surface area contributed by atoms with Crippen LogP contribution in [0.1, 0.15) is 34.5 Å². The van der Waals surface area contributed by atoms with Crippen molar-refractivity contribution < 1.29 is 9.59 Å². The van der Waals surface area contributed by atoms with Crippen LogP contribution in [-0.2, 0) is 4.79 Å². The maximum Gasteiger partial charge on any atom is 0.229 e. The van der Waals surface area contributed by atoms with Crippen LogP contribution in [-0.4, -0.2) is 31.0 Å². The first-order valence-electron chi connectivity index (χ1n) is 9.68. The van der Waals surface area contributed by atoms with Gasteiger partial charge in [0.15, 0.2) is 5.78 Å². The molecule has 0 aliphatic heterocycles. The van der Waals surface area contributed by atoms with Crippen molar-refractivity contribution in [3.05, 3.63) is 77.7 Å². The molecule has 3 heterocycles. The van der Waals surface area contributed by atoms with Crippen molar-refractivity contribution in [3.8, 4) is 11.4 Å². The number of fused-ring (bicyclic) bond motifs is 1. The van der Waals surface area contributed by atoms with Crippen LogP contribution in [0.15, 0.2) is 60.9 Å². The van der Waals surface area contributed by atoms with Gasteiger partial charge in [0.2, 0.25) is 11.9 Å². The van der Waals surface area contributed by atoms with Crippen LogP contribution in [0.4, 0.5) is 5.95 Å². The molecule has 4 rings (SSSR count). The average Bonchev–Trinajstić information content (AvgIpc) is 3.08. The molecule has 0 fully saturated rings. The SMILES string of the molecule is Cc1ccc(C(=O)CCC(=O)Nc2nccc(-c3c(C)nc4ccccn34)n2)cc1. The first-order valence-corrected chi connectivity index (χ1v) is 9.68. The van der Waals surface area contributed by atoms with Crippen molar-refractivity contribution in [2.75, 3.05) is 5.32 Å². The van der Waals surface area contributed by atoms with Gasteiger partial charge in [0.25, 0.3) is 0 Å². The molecule has 1 N–H and O–H groups in total. The quantitative estimate of drug-likeness (QED) is 0.495. The van der Waals surface area contributed by atoms with E-state index in [1.165, 1.54) is 0 Å². The Bertz CT molecular complexity index is 1230. The topological polar surface area (TPSA) is 89.2 Å². The van der Waals surface area contributed by atoms with Crippen LogP contribution in [0.3, 0.4) is 0 Å². The van der Waals surface area contributed by atoms with Crippen molar-refractivity contribution in [3.63, 3.8) is 0 Å². The highest BCUT2D eigenvalue weighted by Crippen LogP contribution is 2.23. The van der Waals surface area contributed by atoms with Gasteiger partial charge >= 0.3 is 0 Å². The number of nitrogens with one attached hydrogen (secondary N) is 1. The number of anilines is 1. The van der Waals surface area contributed by atoms with Gasteiger partial charge in [-0.2, -0.15) is 0 Å². The number of amides is 1. The van der Waals surface area contributed by atoms with Gasteiger partial charge < -0.3 is 0 Å². The highest BCUT2D eigenvalue weighted by Gasteiger charge is 2.14. The Hall–Kier alpha value is -3.87. The van der Waals surface area contributed by atoms with E-state index in [0.29, 0.717) is 11.3 Å². The summed E-state index contributed by atoms with van der Waals surface area (Å²) in [5.41, 5.74) is 4.85. The number of Topliss-reactive ketones (excluding diaryl/α,β-unsaturated/α-hetero) is 1. The third kappa shape index (κ3) is 4.10. The number of aryl methyl sites for hydroxylation is 2. The highest BCUT2D eigenvalue weighted by molar-refractivity contribution is 5.99. The van der Waals surface area contributed by atoms with Crippen molar-refractivity contribution in [2.24, 2.45) is 0 Å². The second-order valence-electron chi connectivity index (χ2n) is 7.08. The van der Waals surface area contributed by atoms with Gasteiger partial charge in [-0.15, -0.1) is 0 Å².